The lowest BCUT2D eigenvalue weighted by Crippen LogP contribution is -2.33. The number of hydrogen-bond donors (Lipinski definition) is 1. The summed E-state index contributed by atoms with van der Waals surface area (Å²) in [7, 11) is 1.84. The highest BCUT2D eigenvalue weighted by atomic mass is 16.1. The molecule has 0 aromatic heterocycles. The van der Waals surface area contributed by atoms with Crippen LogP contribution >= 0.6 is 0 Å². The molecule has 1 saturated carbocycles. The first-order valence-corrected chi connectivity index (χ1v) is 12.5. The molecule has 1 aromatic carbocycles. The maximum Gasteiger partial charge on any atom is 0.150 e. The summed E-state index contributed by atoms with van der Waals surface area (Å²) in [6.45, 7) is 3.88. The van der Waals surface area contributed by atoms with Crippen molar-refractivity contribution in [3.05, 3.63) is 34.9 Å². The molecule has 0 spiro atoms. The van der Waals surface area contributed by atoms with E-state index in [-0.39, 0.29) is 6.04 Å². The number of nitrogens with zero attached hydrogens (tertiary/aromatic N) is 1. The second-order valence-electron chi connectivity index (χ2n) is 9.38. The molecule has 0 heterocycles. The molecule has 0 bridgehead atoms. The molecule has 0 amide bonds. The van der Waals surface area contributed by atoms with E-state index in [1.807, 2.05) is 24.1 Å². The lowest BCUT2D eigenvalue weighted by atomic mass is 9.87. The van der Waals surface area contributed by atoms with Crippen LogP contribution in [0.1, 0.15) is 92.6 Å². The Morgan fingerprint density at radius 1 is 1.12 bits per heavy atom. The molecular formula is C28H40N2O3. The molecule has 1 aromatic rings. The summed E-state index contributed by atoms with van der Waals surface area (Å²) in [6, 6.07) is 5.90. The Morgan fingerprint density at radius 2 is 1.91 bits per heavy atom. The van der Waals surface area contributed by atoms with Gasteiger partial charge in [-0.15, -0.1) is 0 Å². The van der Waals surface area contributed by atoms with Crippen molar-refractivity contribution in [2.45, 2.75) is 89.8 Å². The molecule has 33 heavy (non-hydrogen) atoms. The van der Waals surface area contributed by atoms with Crippen molar-refractivity contribution >= 4 is 18.9 Å². The predicted molar refractivity (Wildman–Crippen MR) is 133 cm³/mol. The summed E-state index contributed by atoms with van der Waals surface area (Å²) in [5.41, 5.74) is 2.27. The van der Waals surface area contributed by atoms with Crippen molar-refractivity contribution in [3.63, 3.8) is 0 Å². The van der Waals surface area contributed by atoms with Crippen LogP contribution in [0.2, 0.25) is 0 Å². The number of benzene rings is 1. The number of carbonyl (C=O) groups excluding carboxylic acids is 3. The molecule has 5 nitrogen and oxygen atoms in total. The summed E-state index contributed by atoms with van der Waals surface area (Å²) >= 11 is 0. The van der Waals surface area contributed by atoms with E-state index in [4.69, 9.17) is 0 Å². The van der Waals surface area contributed by atoms with Crippen molar-refractivity contribution in [2.24, 2.45) is 5.92 Å². The number of aldehydes is 3. The summed E-state index contributed by atoms with van der Waals surface area (Å²) in [6.07, 6.45) is 12.9. The van der Waals surface area contributed by atoms with E-state index in [9.17, 15) is 14.4 Å². The molecule has 1 aliphatic rings. The van der Waals surface area contributed by atoms with Gasteiger partial charge in [0, 0.05) is 36.6 Å². The topological polar surface area (TPSA) is 66.5 Å². The fourth-order valence-electron chi connectivity index (χ4n) is 4.45. The second kappa shape index (κ2) is 15.5. The highest BCUT2D eigenvalue weighted by Gasteiger charge is 2.18. The van der Waals surface area contributed by atoms with Gasteiger partial charge in [0.1, 0.15) is 18.9 Å². The minimum Gasteiger partial charge on any atom is -0.314 e. The fraction of sp³-hybridized carbons (Fsp3) is 0.607. The third kappa shape index (κ3) is 9.61. The average molecular weight is 453 g/mol. The SMILES string of the molecule is CC1CCC(NCCCCCC#Cc2cccc(C=O)c2CN(C)C(C=O)CCC=O)CC1. The van der Waals surface area contributed by atoms with Crippen LogP contribution in [0.5, 0.6) is 0 Å². The van der Waals surface area contributed by atoms with E-state index in [2.05, 4.69) is 24.1 Å². The van der Waals surface area contributed by atoms with Crippen molar-refractivity contribution < 1.29 is 14.4 Å². The molecule has 1 unspecified atom stereocenters. The summed E-state index contributed by atoms with van der Waals surface area (Å²) < 4.78 is 0. The number of nitrogens with one attached hydrogen (secondary N) is 1. The number of likely N-dealkylation sites (N-methyl/N-ethyl adjacent to an activating group) is 1. The molecule has 180 valence electrons. The lowest BCUT2D eigenvalue weighted by Gasteiger charge is -2.27. The number of rotatable bonds is 14. The monoisotopic (exact) mass is 452 g/mol. The van der Waals surface area contributed by atoms with Crippen LogP contribution in [-0.4, -0.2) is 49.4 Å². The molecule has 2 rings (SSSR count). The van der Waals surface area contributed by atoms with Crippen molar-refractivity contribution in [1.82, 2.24) is 10.2 Å². The minimum atomic E-state index is -0.360. The standard InChI is InChI=1S/C28H40N2O3/c1-23-14-16-26(17-15-23)29-18-7-5-3-4-6-10-24-11-8-12-25(21-32)28(24)20-30(2)27(22-33)13-9-19-31/h8,11-12,19,21-23,26-27,29H,3-5,7,9,13-18,20H2,1-2H3. The summed E-state index contributed by atoms with van der Waals surface area (Å²) in [4.78, 5) is 35.6. The van der Waals surface area contributed by atoms with E-state index < -0.39 is 0 Å². The van der Waals surface area contributed by atoms with Crippen LogP contribution in [0.4, 0.5) is 0 Å². The Balaban J connectivity index is 1.82. The number of hydrogen-bond acceptors (Lipinski definition) is 5. The van der Waals surface area contributed by atoms with E-state index in [0.717, 1.165) is 61.7 Å². The zero-order valence-corrected chi connectivity index (χ0v) is 20.4. The van der Waals surface area contributed by atoms with Gasteiger partial charge >= 0.3 is 0 Å². The van der Waals surface area contributed by atoms with Gasteiger partial charge in [-0.1, -0.05) is 37.3 Å². The Kier molecular flexibility index (Phi) is 12.7. The van der Waals surface area contributed by atoms with Crippen molar-refractivity contribution in [1.29, 1.82) is 0 Å². The van der Waals surface area contributed by atoms with E-state index >= 15 is 0 Å². The first-order valence-electron chi connectivity index (χ1n) is 12.5. The number of carbonyl (C=O) groups is 3. The highest BCUT2D eigenvalue weighted by Crippen LogP contribution is 2.23. The molecule has 1 atom stereocenters. The molecule has 5 heteroatoms. The van der Waals surface area contributed by atoms with Gasteiger partial charge < -0.3 is 14.9 Å². The maximum atomic E-state index is 11.6. The van der Waals surface area contributed by atoms with E-state index in [0.29, 0.717) is 31.0 Å². The highest BCUT2D eigenvalue weighted by molar-refractivity contribution is 5.78. The Bertz CT molecular complexity index is 803. The minimum absolute atomic E-state index is 0.338. The quantitative estimate of drug-likeness (QED) is 0.255. The molecule has 1 fully saturated rings. The largest absolute Gasteiger partial charge is 0.314 e. The van der Waals surface area contributed by atoms with Crippen LogP contribution in [0.3, 0.4) is 0 Å². The van der Waals surface area contributed by atoms with Crippen LogP contribution in [-0.2, 0) is 16.1 Å². The van der Waals surface area contributed by atoms with Gasteiger partial charge in [0.2, 0.25) is 0 Å². The second-order valence-corrected chi connectivity index (χ2v) is 9.38. The first-order chi connectivity index (χ1) is 16.1. The van der Waals surface area contributed by atoms with Gasteiger partial charge in [-0.05, 0) is 76.1 Å². The van der Waals surface area contributed by atoms with Crippen LogP contribution < -0.4 is 5.32 Å². The smallest absolute Gasteiger partial charge is 0.150 e. The van der Waals surface area contributed by atoms with E-state index in [1.165, 1.54) is 32.1 Å². The van der Waals surface area contributed by atoms with Crippen molar-refractivity contribution in [2.75, 3.05) is 13.6 Å². The lowest BCUT2D eigenvalue weighted by molar-refractivity contribution is -0.113. The molecule has 0 aliphatic heterocycles. The molecule has 1 aliphatic carbocycles. The Hall–Kier alpha value is -2.29. The average Bonchev–Trinajstić information content (AvgIpc) is 2.83. The predicted octanol–water partition coefficient (Wildman–Crippen LogP) is 4.56. The fourth-order valence-corrected chi connectivity index (χ4v) is 4.45. The molecular weight excluding hydrogens is 412 g/mol. The normalized spacial score (nSPS) is 18.9. The summed E-state index contributed by atoms with van der Waals surface area (Å²) in [5.74, 6) is 7.41. The maximum absolute atomic E-state index is 11.6. The van der Waals surface area contributed by atoms with Crippen LogP contribution in [0.15, 0.2) is 18.2 Å². The Labute approximate surface area is 199 Å². The van der Waals surface area contributed by atoms with E-state index in [1.54, 1.807) is 6.07 Å². The summed E-state index contributed by atoms with van der Waals surface area (Å²) in [5, 5.41) is 3.71. The Morgan fingerprint density at radius 3 is 2.61 bits per heavy atom. The molecule has 1 N–H and O–H groups in total. The third-order valence-electron chi connectivity index (χ3n) is 6.70. The number of unbranched alkanes of at least 4 members (excludes halogenated alkanes) is 3. The molecule has 0 radical (unpaired) electrons. The van der Waals surface area contributed by atoms with Gasteiger partial charge in [-0.3, -0.25) is 9.69 Å². The van der Waals surface area contributed by atoms with Gasteiger partial charge in [-0.25, -0.2) is 0 Å². The van der Waals surface area contributed by atoms with Crippen molar-refractivity contribution in [3.8, 4) is 11.8 Å². The van der Waals surface area contributed by atoms with Gasteiger partial charge in [0.15, 0.2) is 0 Å². The van der Waals surface area contributed by atoms with Gasteiger partial charge in [0.05, 0.1) is 6.04 Å². The third-order valence-corrected chi connectivity index (χ3v) is 6.70. The first kappa shape index (κ1) is 27.0. The van der Waals surface area contributed by atoms with Gasteiger partial charge in [-0.2, -0.15) is 0 Å². The zero-order valence-electron chi connectivity index (χ0n) is 20.4. The molecule has 0 saturated heterocycles. The van der Waals surface area contributed by atoms with Gasteiger partial charge in [0.25, 0.3) is 0 Å². The van der Waals surface area contributed by atoms with Crippen LogP contribution in [0.25, 0.3) is 0 Å². The van der Waals surface area contributed by atoms with Crippen LogP contribution in [0, 0.1) is 17.8 Å². The zero-order chi connectivity index (χ0) is 23.9.